The molecule has 4 rings (SSSR count). The highest BCUT2D eigenvalue weighted by molar-refractivity contribution is 5.95. The fourth-order valence-corrected chi connectivity index (χ4v) is 4.55. The minimum Gasteiger partial charge on any atom is -0.507 e. The summed E-state index contributed by atoms with van der Waals surface area (Å²) < 4.78 is 0. The Hall–Kier alpha value is -2.62. The van der Waals surface area contributed by atoms with Gasteiger partial charge in [-0.1, -0.05) is 0 Å². The molecular weight excluding hydrogens is 328 g/mol. The molecule has 0 bridgehead atoms. The number of benzene rings is 2. The van der Waals surface area contributed by atoms with Crippen LogP contribution in [0.4, 0.5) is 0 Å². The summed E-state index contributed by atoms with van der Waals surface area (Å²) in [6.45, 7) is 0. The highest BCUT2D eigenvalue weighted by Gasteiger charge is 2.28. The predicted octanol–water partition coefficient (Wildman–Crippen LogP) is 4.15. The van der Waals surface area contributed by atoms with Crippen LogP contribution in [-0.4, -0.2) is 22.8 Å². The van der Waals surface area contributed by atoms with Gasteiger partial charge < -0.3 is 10.2 Å². The molecule has 4 heteroatoms. The highest BCUT2D eigenvalue weighted by atomic mass is 16.3. The van der Waals surface area contributed by atoms with E-state index >= 15 is 0 Å². The summed E-state index contributed by atoms with van der Waals surface area (Å²) in [4.78, 5) is 23.0. The Morgan fingerprint density at radius 3 is 1.42 bits per heavy atom. The first kappa shape index (κ1) is 16.8. The van der Waals surface area contributed by atoms with Gasteiger partial charge >= 0.3 is 0 Å². The molecule has 26 heavy (non-hydrogen) atoms. The molecule has 4 nitrogen and oxygen atoms in total. The molecule has 0 aromatic heterocycles. The first-order chi connectivity index (χ1) is 12.7. The maximum absolute atomic E-state index is 11.5. The Labute approximate surface area is 152 Å². The summed E-state index contributed by atoms with van der Waals surface area (Å²) in [5, 5.41) is 21.7. The number of rotatable bonds is 3. The Balaban J connectivity index is 2.10. The minimum atomic E-state index is -0.0771. The first-order valence-electron chi connectivity index (χ1n) is 9.31. The number of aldehydes is 2. The number of carbonyl (C=O) groups excluding carboxylic acids is 2. The van der Waals surface area contributed by atoms with E-state index in [9.17, 15) is 19.8 Å². The second-order valence-electron chi connectivity index (χ2n) is 7.30. The molecule has 2 aromatic carbocycles. The molecule has 0 spiro atoms. The van der Waals surface area contributed by atoms with E-state index in [1.165, 1.54) is 0 Å². The van der Waals surface area contributed by atoms with Gasteiger partial charge in [-0.2, -0.15) is 0 Å². The summed E-state index contributed by atoms with van der Waals surface area (Å²) in [5.74, 6) is -0.154. The van der Waals surface area contributed by atoms with Gasteiger partial charge in [0.2, 0.25) is 0 Å². The molecule has 2 aliphatic rings. The monoisotopic (exact) mass is 350 g/mol. The summed E-state index contributed by atoms with van der Waals surface area (Å²) in [5.41, 5.74) is 5.75. The van der Waals surface area contributed by atoms with E-state index in [2.05, 4.69) is 0 Å². The van der Waals surface area contributed by atoms with Crippen LogP contribution in [0.25, 0.3) is 11.1 Å². The van der Waals surface area contributed by atoms with Crippen molar-refractivity contribution in [3.05, 3.63) is 45.5 Å². The van der Waals surface area contributed by atoms with Crippen molar-refractivity contribution < 1.29 is 19.8 Å². The Kier molecular flexibility index (Phi) is 4.27. The second kappa shape index (κ2) is 6.60. The Morgan fingerprint density at radius 2 is 1.04 bits per heavy atom. The van der Waals surface area contributed by atoms with Crippen molar-refractivity contribution in [3.63, 3.8) is 0 Å². The van der Waals surface area contributed by atoms with Crippen LogP contribution in [0.5, 0.6) is 11.5 Å². The lowest BCUT2D eigenvalue weighted by Crippen LogP contribution is -2.11. The number of fused-ring (bicyclic) bond motifs is 2. The number of phenols is 2. The van der Waals surface area contributed by atoms with Crippen LogP contribution < -0.4 is 0 Å². The van der Waals surface area contributed by atoms with Crippen molar-refractivity contribution in [2.24, 2.45) is 0 Å². The third-order valence-electron chi connectivity index (χ3n) is 5.81. The number of hydrogen-bond donors (Lipinski definition) is 2. The van der Waals surface area contributed by atoms with Crippen LogP contribution in [0.3, 0.4) is 0 Å². The van der Waals surface area contributed by atoms with Gasteiger partial charge in [-0.3, -0.25) is 9.59 Å². The van der Waals surface area contributed by atoms with E-state index in [1.807, 2.05) is 0 Å². The smallest absolute Gasteiger partial charge is 0.153 e. The fourth-order valence-electron chi connectivity index (χ4n) is 4.55. The SMILES string of the molecule is O=Cc1cc2c(c(-c3c(O)c(C=O)cc4c3CCCC4)c1O)CCCC2. The minimum absolute atomic E-state index is 0.0771. The van der Waals surface area contributed by atoms with Crippen molar-refractivity contribution in [3.8, 4) is 22.6 Å². The molecule has 0 aliphatic heterocycles. The largest absolute Gasteiger partial charge is 0.507 e. The zero-order chi connectivity index (χ0) is 18.3. The van der Waals surface area contributed by atoms with Crippen LogP contribution in [0.15, 0.2) is 12.1 Å². The van der Waals surface area contributed by atoms with Gasteiger partial charge in [0, 0.05) is 11.1 Å². The summed E-state index contributed by atoms with van der Waals surface area (Å²) >= 11 is 0. The topological polar surface area (TPSA) is 74.6 Å². The quantitative estimate of drug-likeness (QED) is 0.816. The van der Waals surface area contributed by atoms with Gasteiger partial charge in [0.05, 0.1) is 11.1 Å². The molecule has 0 fully saturated rings. The molecule has 0 heterocycles. The average molecular weight is 350 g/mol. The zero-order valence-electron chi connectivity index (χ0n) is 14.7. The number of aromatic hydroxyl groups is 2. The van der Waals surface area contributed by atoms with Crippen LogP contribution >= 0.6 is 0 Å². The van der Waals surface area contributed by atoms with Crippen molar-refractivity contribution in [1.29, 1.82) is 0 Å². The standard InChI is InChI=1S/C22H22O4/c23-11-15-9-13-5-1-3-7-17(13)19(21(15)25)20-18-8-4-2-6-14(18)10-16(12-24)22(20)26/h9-12,25-26H,1-8H2. The molecule has 0 atom stereocenters. The Morgan fingerprint density at radius 1 is 0.654 bits per heavy atom. The zero-order valence-corrected chi connectivity index (χ0v) is 14.7. The molecule has 2 aliphatic carbocycles. The fraction of sp³-hybridized carbons (Fsp3) is 0.364. The van der Waals surface area contributed by atoms with Crippen LogP contribution in [-0.2, 0) is 25.7 Å². The molecule has 0 radical (unpaired) electrons. The normalized spacial score (nSPS) is 15.8. The second-order valence-corrected chi connectivity index (χ2v) is 7.30. The molecule has 2 aromatic rings. The lowest BCUT2D eigenvalue weighted by atomic mass is 9.78. The van der Waals surface area contributed by atoms with Gasteiger partial charge in [0.25, 0.3) is 0 Å². The Bertz CT molecular complexity index is 836. The van der Waals surface area contributed by atoms with Gasteiger partial charge in [-0.25, -0.2) is 0 Å². The molecule has 0 saturated heterocycles. The third-order valence-corrected chi connectivity index (χ3v) is 5.81. The summed E-state index contributed by atoms with van der Waals surface area (Å²) in [6, 6.07) is 3.54. The third kappa shape index (κ3) is 2.52. The van der Waals surface area contributed by atoms with E-state index in [4.69, 9.17) is 0 Å². The molecule has 0 saturated carbocycles. The summed E-state index contributed by atoms with van der Waals surface area (Å²) in [6.07, 6.45) is 8.78. The predicted molar refractivity (Wildman–Crippen MR) is 99.3 cm³/mol. The molecule has 2 N–H and O–H groups in total. The molecular formula is C22H22O4. The van der Waals surface area contributed by atoms with E-state index in [0.29, 0.717) is 23.7 Å². The summed E-state index contributed by atoms with van der Waals surface area (Å²) in [7, 11) is 0. The lowest BCUT2D eigenvalue weighted by molar-refractivity contribution is 0.111. The highest BCUT2D eigenvalue weighted by Crippen LogP contribution is 2.48. The van der Waals surface area contributed by atoms with Crippen LogP contribution in [0.2, 0.25) is 0 Å². The first-order valence-corrected chi connectivity index (χ1v) is 9.31. The maximum atomic E-state index is 11.5. The van der Waals surface area contributed by atoms with Gasteiger partial charge in [-0.15, -0.1) is 0 Å². The number of phenolic OH excluding ortho intramolecular Hbond substituents is 2. The van der Waals surface area contributed by atoms with E-state index in [1.54, 1.807) is 12.1 Å². The van der Waals surface area contributed by atoms with Gasteiger partial charge in [0.1, 0.15) is 11.5 Å². The lowest BCUT2D eigenvalue weighted by Gasteiger charge is -2.27. The number of hydrogen-bond acceptors (Lipinski definition) is 4. The van der Waals surface area contributed by atoms with Crippen molar-refractivity contribution in [2.45, 2.75) is 51.4 Å². The van der Waals surface area contributed by atoms with Crippen LogP contribution in [0, 0.1) is 0 Å². The molecule has 0 unspecified atom stereocenters. The van der Waals surface area contributed by atoms with Crippen molar-refractivity contribution in [2.75, 3.05) is 0 Å². The van der Waals surface area contributed by atoms with Crippen LogP contribution in [0.1, 0.15) is 68.7 Å². The van der Waals surface area contributed by atoms with E-state index < -0.39 is 0 Å². The van der Waals surface area contributed by atoms with Crippen molar-refractivity contribution >= 4 is 12.6 Å². The maximum Gasteiger partial charge on any atom is 0.153 e. The molecule has 0 amide bonds. The van der Waals surface area contributed by atoms with Gasteiger partial charge in [0.15, 0.2) is 12.6 Å². The van der Waals surface area contributed by atoms with E-state index in [0.717, 1.165) is 73.6 Å². The number of aryl methyl sites for hydroxylation is 2. The number of carbonyl (C=O) groups is 2. The average Bonchev–Trinajstić information content (AvgIpc) is 2.68. The van der Waals surface area contributed by atoms with Crippen molar-refractivity contribution in [1.82, 2.24) is 0 Å². The van der Waals surface area contributed by atoms with Gasteiger partial charge in [-0.05, 0) is 85.8 Å². The van der Waals surface area contributed by atoms with E-state index in [-0.39, 0.29) is 22.6 Å². The molecule has 134 valence electrons.